The van der Waals surface area contributed by atoms with Gasteiger partial charge in [0, 0.05) is 11.3 Å². The van der Waals surface area contributed by atoms with E-state index in [1.54, 1.807) is 0 Å². The molecule has 1 aromatic heterocycles. The molecule has 1 saturated carbocycles. The highest BCUT2D eigenvalue weighted by atomic mass is 16.3. The first-order valence-electron chi connectivity index (χ1n) is 9.80. The Labute approximate surface area is 158 Å². The van der Waals surface area contributed by atoms with Crippen molar-refractivity contribution in [2.75, 3.05) is 13.1 Å². The predicted molar refractivity (Wildman–Crippen MR) is 105 cm³/mol. The molecule has 2 heterocycles. The van der Waals surface area contributed by atoms with Crippen molar-refractivity contribution in [2.45, 2.75) is 25.3 Å². The van der Waals surface area contributed by atoms with Crippen LogP contribution in [0.1, 0.15) is 36.6 Å². The molecule has 2 N–H and O–H groups in total. The summed E-state index contributed by atoms with van der Waals surface area (Å²) in [6.45, 7) is 2.05. The summed E-state index contributed by atoms with van der Waals surface area (Å²) in [6, 6.07) is 19.9. The van der Waals surface area contributed by atoms with Crippen molar-refractivity contribution in [1.29, 1.82) is 0 Å². The van der Waals surface area contributed by atoms with E-state index in [-0.39, 0.29) is 23.3 Å². The standard InChI is InChI=1S/C23H24N2O2/c26-22(18-15-23(18)10-12-24-13-11-23)25-21(16-6-2-1-3-7-16)20-14-17-8-4-5-9-19(17)27-20/h1-9,14,18,21,24H,10-13,15H2,(H,25,26). The molecule has 2 atom stereocenters. The van der Waals surface area contributed by atoms with E-state index in [4.69, 9.17) is 4.42 Å². The van der Waals surface area contributed by atoms with Gasteiger partial charge in [0.25, 0.3) is 0 Å². The third-order valence-electron chi connectivity index (χ3n) is 6.25. The molecule has 2 aromatic carbocycles. The molecule has 1 aliphatic carbocycles. The SMILES string of the molecule is O=C(NC(c1ccccc1)c1cc2ccccc2o1)C1CC12CCNCC2. The van der Waals surface area contributed by atoms with Gasteiger partial charge in [-0.3, -0.25) is 4.79 Å². The number of carbonyl (C=O) groups excluding carboxylic acids is 1. The zero-order valence-corrected chi connectivity index (χ0v) is 15.3. The monoisotopic (exact) mass is 360 g/mol. The maximum Gasteiger partial charge on any atom is 0.224 e. The Morgan fingerprint density at radius 3 is 2.59 bits per heavy atom. The third kappa shape index (κ3) is 3.04. The second kappa shape index (κ2) is 6.54. The third-order valence-corrected chi connectivity index (χ3v) is 6.25. The lowest BCUT2D eigenvalue weighted by Crippen LogP contribution is -2.35. The van der Waals surface area contributed by atoms with Crippen LogP contribution in [0.4, 0.5) is 0 Å². The van der Waals surface area contributed by atoms with Gasteiger partial charge in [0.2, 0.25) is 5.91 Å². The number of benzene rings is 2. The number of amides is 1. The fourth-order valence-electron chi connectivity index (χ4n) is 4.55. The average molecular weight is 360 g/mol. The molecule has 138 valence electrons. The van der Waals surface area contributed by atoms with E-state index in [9.17, 15) is 4.79 Å². The fraction of sp³-hybridized carbons (Fsp3) is 0.348. The Hall–Kier alpha value is -2.59. The van der Waals surface area contributed by atoms with Gasteiger partial charge in [-0.25, -0.2) is 0 Å². The number of fused-ring (bicyclic) bond motifs is 1. The number of hydrogen-bond acceptors (Lipinski definition) is 3. The average Bonchev–Trinajstić information content (AvgIpc) is 3.23. The molecule has 1 amide bonds. The van der Waals surface area contributed by atoms with Crippen LogP contribution in [-0.4, -0.2) is 19.0 Å². The van der Waals surface area contributed by atoms with Gasteiger partial charge < -0.3 is 15.1 Å². The van der Waals surface area contributed by atoms with E-state index in [0.29, 0.717) is 0 Å². The molecule has 0 bridgehead atoms. The van der Waals surface area contributed by atoms with Crippen LogP contribution in [0.3, 0.4) is 0 Å². The highest BCUT2D eigenvalue weighted by Crippen LogP contribution is 2.58. The number of hydrogen-bond donors (Lipinski definition) is 2. The first-order valence-corrected chi connectivity index (χ1v) is 9.80. The van der Waals surface area contributed by atoms with Crippen LogP contribution in [0.15, 0.2) is 65.1 Å². The molecule has 1 spiro atoms. The van der Waals surface area contributed by atoms with Crippen molar-refractivity contribution >= 4 is 16.9 Å². The molecule has 1 aliphatic heterocycles. The van der Waals surface area contributed by atoms with Crippen LogP contribution in [-0.2, 0) is 4.79 Å². The Kier molecular flexibility index (Phi) is 4.01. The molecule has 27 heavy (non-hydrogen) atoms. The topological polar surface area (TPSA) is 54.3 Å². The molecule has 4 nitrogen and oxygen atoms in total. The van der Waals surface area contributed by atoms with Crippen molar-refractivity contribution < 1.29 is 9.21 Å². The number of furan rings is 1. The molecule has 3 aromatic rings. The number of carbonyl (C=O) groups is 1. The van der Waals surface area contributed by atoms with Crippen molar-refractivity contribution in [3.63, 3.8) is 0 Å². The summed E-state index contributed by atoms with van der Waals surface area (Å²) < 4.78 is 6.10. The zero-order chi connectivity index (χ0) is 18.3. The van der Waals surface area contributed by atoms with Crippen LogP contribution < -0.4 is 10.6 Å². The molecule has 5 rings (SSSR count). The number of piperidine rings is 1. The van der Waals surface area contributed by atoms with Crippen molar-refractivity contribution in [3.05, 3.63) is 72.0 Å². The largest absolute Gasteiger partial charge is 0.459 e. The highest BCUT2D eigenvalue weighted by molar-refractivity contribution is 5.84. The quantitative estimate of drug-likeness (QED) is 0.739. The molecular formula is C23H24N2O2. The normalized spacial score (nSPS) is 21.9. The summed E-state index contributed by atoms with van der Waals surface area (Å²) in [6.07, 6.45) is 3.22. The maximum atomic E-state index is 13.1. The minimum atomic E-state index is -0.259. The van der Waals surface area contributed by atoms with Gasteiger partial charge in [0.05, 0.1) is 0 Å². The predicted octanol–water partition coefficient (Wildman–Crippen LogP) is 4.03. The first-order chi connectivity index (χ1) is 13.3. The van der Waals surface area contributed by atoms with E-state index in [1.165, 1.54) is 0 Å². The van der Waals surface area contributed by atoms with Crippen molar-refractivity contribution in [1.82, 2.24) is 10.6 Å². The highest BCUT2D eigenvalue weighted by Gasteiger charge is 2.57. The Balaban J connectivity index is 1.43. The fourth-order valence-corrected chi connectivity index (χ4v) is 4.55. The Morgan fingerprint density at radius 2 is 1.81 bits per heavy atom. The lowest BCUT2D eigenvalue weighted by Gasteiger charge is -2.24. The van der Waals surface area contributed by atoms with E-state index in [1.807, 2.05) is 60.7 Å². The van der Waals surface area contributed by atoms with Gasteiger partial charge >= 0.3 is 0 Å². The van der Waals surface area contributed by atoms with Crippen LogP contribution in [0, 0.1) is 11.3 Å². The summed E-state index contributed by atoms with van der Waals surface area (Å²) in [5, 5.41) is 7.75. The number of para-hydroxylation sites is 1. The summed E-state index contributed by atoms with van der Waals surface area (Å²) in [7, 11) is 0. The van der Waals surface area contributed by atoms with Crippen molar-refractivity contribution in [3.8, 4) is 0 Å². The van der Waals surface area contributed by atoms with Gasteiger partial charge in [0.1, 0.15) is 17.4 Å². The van der Waals surface area contributed by atoms with Gasteiger partial charge in [-0.2, -0.15) is 0 Å². The van der Waals surface area contributed by atoms with E-state index >= 15 is 0 Å². The molecule has 2 unspecified atom stereocenters. The second-order valence-electron chi connectivity index (χ2n) is 7.91. The Morgan fingerprint density at radius 1 is 1.07 bits per heavy atom. The van der Waals surface area contributed by atoms with Gasteiger partial charge in [0.15, 0.2) is 0 Å². The summed E-state index contributed by atoms with van der Waals surface area (Å²) in [5.74, 6) is 1.08. The van der Waals surface area contributed by atoms with Crippen LogP contribution >= 0.6 is 0 Å². The smallest absolute Gasteiger partial charge is 0.224 e. The minimum Gasteiger partial charge on any atom is -0.459 e. The summed E-state index contributed by atoms with van der Waals surface area (Å²) >= 11 is 0. The van der Waals surface area contributed by atoms with E-state index in [2.05, 4.69) is 10.6 Å². The molecule has 2 aliphatic rings. The van der Waals surface area contributed by atoms with Crippen molar-refractivity contribution in [2.24, 2.45) is 11.3 Å². The summed E-state index contributed by atoms with van der Waals surface area (Å²) in [4.78, 5) is 13.1. The van der Waals surface area contributed by atoms with Gasteiger partial charge in [-0.15, -0.1) is 0 Å². The second-order valence-corrected chi connectivity index (χ2v) is 7.91. The van der Waals surface area contributed by atoms with Crippen LogP contribution in [0.25, 0.3) is 11.0 Å². The molecule has 2 fully saturated rings. The van der Waals surface area contributed by atoms with Crippen LogP contribution in [0.2, 0.25) is 0 Å². The summed E-state index contributed by atoms with van der Waals surface area (Å²) in [5.41, 5.74) is 2.12. The molecule has 0 radical (unpaired) electrons. The first kappa shape index (κ1) is 16.6. The minimum absolute atomic E-state index is 0.134. The van der Waals surface area contributed by atoms with Gasteiger partial charge in [-0.05, 0) is 55.5 Å². The number of rotatable bonds is 4. The lowest BCUT2D eigenvalue weighted by molar-refractivity contribution is -0.123. The zero-order valence-electron chi connectivity index (χ0n) is 15.3. The van der Waals surface area contributed by atoms with Gasteiger partial charge in [-0.1, -0.05) is 48.5 Å². The van der Waals surface area contributed by atoms with E-state index in [0.717, 1.165) is 54.6 Å². The maximum absolute atomic E-state index is 13.1. The lowest BCUT2D eigenvalue weighted by atomic mass is 9.91. The molecular weight excluding hydrogens is 336 g/mol. The van der Waals surface area contributed by atoms with E-state index < -0.39 is 0 Å². The van der Waals surface area contributed by atoms with Crippen LogP contribution in [0.5, 0.6) is 0 Å². The molecule has 4 heteroatoms. The molecule has 1 saturated heterocycles. The Bertz CT molecular complexity index is 924. The number of nitrogens with one attached hydrogen (secondary N) is 2.